The molecule has 26 heavy (non-hydrogen) atoms. The Labute approximate surface area is 154 Å². The highest BCUT2D eigenvalue weighted by molar-refractivity contribution is 5.79. The third-order valence-corrected chi connectivity index (χ3v) is 3.75. The van der Waals surface area contributed by atoms with E-state index in [0.717, 1.165) is 18.1 Å². The second kappa shape index (κ2) is 10.1. The summed E-state index contributed by atoms with van der Waals surface area (Å²) in [7, 11) is 0. The Balaban J connectivity index is 1.98. The maximum Gasteiger partial charge on any atom is 0.255 e. The average molecular weight is 354 g/mol. The van der Waals surface area contributed by atoms with Gasteiger partial charge in [-0.1, -0.05) is 36.4 Å². The molecule has 4 N–H and O–H groups in total. The normalized spacial score (nSPS) is 11.1. The van der Waals surface area contributed by atoms with Gasteiger partial charge >= 0.3 is 0 Å². The highest BCUT2D eigenvalue weighted by Crippen LogP contribution is 2.14. The Morgan fingerprint density at radius 1 is 1.15 bits per heavy atom. The van der Waals surface area contributed by atoms with E-state index in [1.54, 1.807) is 6.07 Å². The van der Waals surface area contributed by atoms with Gasteiger partial charge in [-0.2, -0.15) is 0 Å². The van der Waals surface area contributed by atoms with Crippen LogP contribution < -0.4 is 21.1 Å². The molecule has 0 radical (unpaired) electrons. The van der Waals surface area contributed by atoms with Gasteiger partial charge in [0.25, 0.3) is 5.91 Å². The van der Waals surface area contributed by atoms with Crippen LogP contribution in [0, 0.1) is 6.92 Å². The first-order valence-electron chi connectivity index (χ1n) is 8.65. The number of nitrogens with one attached hydrogen (secondary N) is 2. The molecule has 0 bridgehead atoms. The first-order chi connectivity index (χ1) is 12.6. The third-order valence-electron chi connectivity index (χ3n) is 3.75. The van der Waals surface area contributed by atoms with Crippen LogP contribution in [-0.2, 0) is 17.9 Å². The predicted octanol–water partition coefficient (Wildman–Crippen LogP) is 2.11. The van der Waals surface area contributed by atoms with Crippen molar-refractivity contribution in [3.63, 3.8) is 0 Å². The minimum Gasteiger partial charge on any atom is -0.484 e. The number of aryl methyl sites for hydroxylation is 1. The molecule has 2 rings (SSSR count). The molecule has 0 aromatic heterocycles. The second-order valence-electron chi connectivity index (χ2n) is 5.88. The van der Waals surface area contributed by atoms with Gasteiger partial charge in [0, 0.05) is 13.1 Å². The molecule has 2 aromatic rings. The summed E-state index contributed by atoms with van der Waals surface area (Å²) < 4.78 is 5.33. The van der Waals surface area contributed by atoms with Gasteiger partial charge < -0.3 is 21.1 Å². The zero-order valence-electron chi connectivity index (χ0n) is 15.3. The summed E-state index contributed by atoms with van der Waals surface area (Å²) >= 11 is 0. The zero-order chi connectivity index (χ0) is 18.8. The molecule has 0 unspecified atom stereocenters. The molecule has 0 heterocycles. The molecule has 0 spiro atoms. The number of hydrogen-bond donors (Lipinski definition) is 3. The number of nitrogens with two attached hydrogens (primary N) is 1. The third kappa shape index (κ3) is 6.47. The van der Waals surface area contributed by atoms with E-state index in [1.165, 1.54) is 11.1 Å². The van der Waals surface area contributed by atoms with Crippen LogP contribution in [0.15, 0.2) is 53.5 Å². The minimum absolute atomic E-state index is 0.132. The fourth-order valence-corrected chi connectivity index (χ4v) is 2.39. The summed E-state index contributed by atoms with van der Waals surface area (Å²) in [4.78, 5) is 15.4. The first kappa shape index (κ1) is 19.3. The van der Waals surface area contributed by atoms with Crippen molar-refractivity contribution in [3.05, 3.63) is 65.2 Å². The molecule has 0 aliphatic heterocycles. The number of aliphatic imine (C=N–C) groups is 1. The molecule has 0 saturated heterocycles. The van der Waals surface area contributed by atoms with Gasteiger partial charge in [-0.15, -0.1) is 0 Å². The smallest absolute Gasteiger partial charge is 0.255 e. The van der Waals surface area contributed by atoms with Crippen LogP contribution in [0.2, 0.25) is 0 Å². The molecule has 2 aromatic carbocycles. The van der Waals surface area contributed by atoms with Crippen LogP contribution in [0.5, 0.6) is 5.75 Å². The fourth-order valence-electron chi connectivity index (χ4n) is 2.39. The number of ether oxygens (including phenoxy) is 1. The highest BCUT2D eigenvalue weighted by atomic mass is 16.5. The number of primary amides is 1. The Morgan fingerprint density at radius 2 is 1.96 bits per heavy atom. The number of carbonyl (C=O) groups is 1. The number of benzene rings is 2. The summed E-state index contributed by atoms with van der Waals surface area (Å²) in [5.41, 5.74) is 8.57. The Hall–Kier alpha value is -3.02. The molecule has 0 fully saturated rings. The van der Waals surface area contributed by atoms with Gasteiger partial charge in [0.1, 0.15) is 5.75 Å². The fraction of sp³-hybridized carbons (Fsp3) is 0.300. The minimum atomic E-state index is -0.497. The van der Waals surface area contributed by atoms with E-state index in [4.69, 9.17) is 10.5 Å². The van der Waals surface area contributed by atoms with E-state index in [1.807, 2.05) is 37.3 Å². The van der Waals surface area contributed by atoms with Gasteiger partial charge in [0.2, 0.25) is 0 Å². The van der Waals surface area contributed by atoms with Crippen molar-refractivity contribution < 1.29 is 9.53 Å². The lowest BCUT2D eigenvalue weighted by atomic mass is 10.1. The molecular formula is C20H26N4O2. The van der Waals surface area contributed by atoms with Crippen LogP contribution in [0.1, 0.15) is 23.6 Å². The highest BCUT2D eigenvalue weighted by Gasteiger charge is 2.02. The maximum atomic E-state index is 10.8. The summed E-state index contributed by atoms with van der Waals surface area (Å²) in [6.45, 7) is 5.98. The van der Waals surface area contributed by atoms with E-state index < -0.39 is 5.91 Å². The van der Waals surface area contributed by atoms with Crippen LogP contribution >= 0.6 is 0 Å². The molecule has 6 heteroatoms. The molecule has 0 saturated carbocycles. The van der Waals surface area contributed by atoms with Crippen molar-refractivity contribution in [2.45, 2.75) is 26.9 Å². The Bertz CT molecular complexity index is 759. The Morgan fingerprint density at radius 3 is 2.69 bits per heavy atom. The SMILES string of the molecule is CCNC(=NCc1cccc(OCC(N)=O)c1)NCc1ccccc1C. The van der Waals surface area contributed by atoms with Crippen molar-refractivity contribution in [2.75, 3.05) is 13.2 Å². The molecule has 0 atom stereocenters. The number of carbonyl (C=O) groups excluding carboxylic acids is 1. The molecule has 138 valence electrons. The number of rotatable bonds is 8. The van der Waals surface area contributed by atoms with Crippen molar-refractivity contribution >= 4 is 11.9 Å². The maximum absolute atomic E-state index is 10.8. The van der Waals surface area contributed by atoms with Crippen LogP contribution in [0.4, 0.5) is 0 Å². The number of amides is 1. The summed E-state index contributed by atoms with van der Waals surface area (Å²) in [5, 5.41) is 6.59. The molecule has 0 aliphatic carbocycles. The monoisotopic (exact) mass is 354 g/mol. The van der Waals surface area contributed by atoms with Crippen LogP contribution in [0.25, 0.3) is 0 Å². The van der Waals surface area contributed by atoms with E-state index in [0.29, 0.717) is 18.8 Å². The molecule has 6 nitrogen and oxygen atoms in total. The van der Waals surface area contributed by atoms with Gasteiger partial charge in [-0.25, -0.2) is 4.99 Å². The van der Waals surface area contributed by atoms with E-state index in [2.05, 4.69) is 34.7 Å². The first-order valence-corrected chi connectivity index (χ1v) is 8.65. The van der Waals surface area contributed by atoms with Crippen molar-refractivity contribution in [2.24, 2.45) is 10.7 Å². The summed E-state index contributed by atoms with van der Waals surface area (Å²) in [6.07, 6.45) is 0. The van der Waals surface area contributed by atoms with Crippen molar-refractivity contribution in [3.8, 4) is 5.75 Å². The molecule has 1 amide bonds. The van der Waals surface area contributed by atoms with E-state index >= 15 is 0 Å². The average Bonchev–Trinajstić information content (AvgIpc) is 2.64. The number of nitrogens with zero attached hydrogens (tertiary/aromatic N) is 1. The van der Waals surface area contributed by atoms with Crippen LogP contribution in [0.3, 0.4) is 0 Å². The molecule has 0 aliphatic rings. The molecular weight excluding hydrogens is 328 g/mol. The lowest BCUT2D eigenvalue weighted by Crippen LogP contribution is -2.36. The largest absolute Gasteiger partial charge is 0.484 e. The zero-order valence-corrected chi connectivity index (χ0v) is 15.3. The van der Waals surface area contributed by atoms with E-state index in [9.17, 15) is 4.79 Å². The van der Waals surface area contributed by atoms with Crippen molar-refractivity contribution in [1.29, 1.82) is 0 Å². The topological polar surface area (TPSA) is 88.7 Å². The van der Waals surface area contributed by atoms with Gasteiger partial charge in [-0.3, -0.25) is 4.79 Å². The number of guanidine groups is 1. The lowest BCUT2D eigenvalue weighted by Gasteiger charge is -2.13. The Kier molecular flexibility index (Phi) is 7.49. The van der Waals surface area contributed by atoms with Crippen molar-refractivity contribution in [1.82, 2.24) is 10.6 Å². The predicted molar refractivity (Wildman–Crippen MR) is 104 cm³/mol. The van der Waals surface area contributed by atoms with Gasteiger partial charge in [0.05, 0.1) is 6.54 Å². The van der Waals surface area contributed by atoms with E-state index in [-0.39, 0.29) is 6.61 Å². The number of hydrogen-bond acceptors (Lipinski definition) is 3. The van der Waals surface area contributed by atoms with Crippen LogP contribution in [-0.4, -0.2) is 25.0 Å². The van der Waals surface area contributed by atoms with Gasteiger partial charge in [0.15, 0.2) is 12.6 Å². The quantitative estimate of drug-likeness (QED) is 0.500. The summed E-state index contributed by atoms with van der Waals surface area (Å²) in [6, 6.07) is 15.7. The standard InChI is InChI=1S/C20H26N4O2/c1-3-22-20(24-13-17-9-5-4-7-15(17)2)23-12-16-8-6-10-18(11-16)26-14-19(21)25/h4-11H,3,12-14H2,1-2H3,(H2,21,25)(H2,22,23,24). The van der Waals surface area contributed by atoms with Gasteiger partial charge in [-0.05, 0) is 42.7 Å². The summed E-state index contributed by atoms with van der Waals surface area (Å²) in [5.74, 6) is 0.858. The second-order valence-corrected chi connectivity index (χ2v) is 5.88. The lowest BCUT2D eigenvalue weighted by molar-refractivity contribution is -0.119.